The molecule has 22 heavy (non-hydrogen) atoms. The fourth-order valence-corrected chi connectivity index (χ4v) is 2.66. The van der Waals surface area contributed by atoms with Gasteiger partial charge in [-0.2, -0.15) is 0 Å². The van der Waals surface area contributed by atoms with E-state index in [4.69, 9.17) is 9.47 Å². The number of morpholine rings is 2. The van der Waals surface area contributed by atoms with Crippen molar-refractivity contribution in [3.63, 3.8) is 0 Å². The van der Waals surface area contributed by atoms with Gasteiger partial charge < -0.3 is 29.9 Å². The Morgan fingerprint density at radius 1 is 0.727 bits per heavy atom. The van der Waals surface area contributed by atoms with Gasteiger partial charge in [0.1, 0.15) is 26.2 Å². The zero-order valence-electron chi connectivity index (χ0n) is 13.1. The van der Waals surface area contributed by atoms with Crippen LogP contribution in [0.2, 0.25) is 0 Å². The molecule has 0 spiro atoms. The molecule has 4 N–H and O–H groups in total. The van der Waals surface area contributed by atoms with Gasteiger partial charge in [0.25, 0.3) is 11.8 Å². The molecule has 2 rings (SSSR count). The summed E-state index contributed by atoms with van der Waals surface area (Å²) in [6.45, 7) is 8.35. The Hall–Kier alpha value is -1.22. The Labute approximate surface area is 131 Å². The molecule has 0 aromatic heterocycles. The van der Waals surface area contributed by atoms with E-state index in [9.17, 15) is 9.59 Å². The van der Waals surface area contributed by atoms with Gasteiger partial charge in [0.15, 0.2) is 13.1 Å². The van der Waals surface area contributed by atoms with Gasteiger partial charge in [-0.15, -0.1) is 0 Å². The topological polar surface area (TPSA) is 85.5 Å². The number of rotatable bonds is 7. The van der Waals surface area contributed by atoms with E-state index in [-0.39, 0.29) is 11.8 Å². The molecule has 126 valence electrons. The van der Waals surface area contributed by atoms with Crippen LogP contribution in [0.4, 0.5) is 0 Å². The van der Waals surface area contributed by atoms with Crippen molar-refractivity contribution in [3.8, 4) is 0 Å². The summed E-state index contributed by atoms with van der Waals surface area (Å²) in [7, 11) is 0. The van der Waals surface area contributed by atoms with E-state index in [0.29, 0.717) is 26.2 Å². The van der Waals surface area contributed by atoms with Gasteiger partial charge in [-0.05, 0) is 0 Å². The van der Waals surface area contributed by atoms with E-state index in [0.717, 1.165) is 52.6 Å². The summed E-state index contributed by atoms with van der Waals surface area (Å²) >= 11 is 0. The molecule has 0 aromatic carbocycles. The van der Waals surface area contributed by atoms with Crippen molar-refractivity contribution in [3.05, 3.63) is 0 Å². The zero-order chi connectivity index (χ0) is 15.6. The van der Waals surface area contributed by atoms with Crippen LogP contribution in [0.1, 0.15) is 0 Å². The van der Waals surface area contributed by atoms with E-state index in [1.165, 1.54) is 9.80 Å². The molecule has 8 heteroatoms. The lowest BCUT2D eigenvalue weighted by molar-refractivity contribution is -0.900. The third-order valence-electron chi connectivity index (χ3n) is 3.99. The third kappa shape index (κ3) is 6.69. The summed E-state index contributed by atoms with van der Waals surface area (Å²) in [4.78, 5) is 26.0. The molecule has 2 amide bonds. The summed E-state index contributed by atoms with van der Waals surface area (Å²) in [5.41, 5.74) is 0. The average molecular weight is 316 g/mol. The fourth-order valence-electron chi connectivity index (χ4n) is 2.66. The Kier molecular flexibility index (Phi) is 7.58. The lowest BCUT2D eigenvalue weighted by Crippen LogP contribution is -3.15. The third-order valence-corrected chi connectivity index (χ3v) is 3.99. The lowest BCUT2D eigenvalue weighted by Gasteiger charge is -2.23. The smallest absolute Gasteiger partial charge is 0.275 e. The lowest BCUT2D eigenvalue weighted by atomic mass is 10.4. The molecular formula is C14H28N4O4+2. The molecule has 2 aliphatic rings. The summed E-state index contributed by atoms with van der Waals surface area (Å²) in [6.07, 6.45) is 0. The van der Waals surface area contributed by atoms with Crippen molar-refractivity contribution in [1.82, 2.24) is 10.6 Å². The first-order chi connectivity index (χ1) is 10.7. The zero-order valence-corrected chi connectivity index (χ0v) is 13.1. The van der Waals surface area contributed by atoms with Crippen LogP contribution < -0.4 is 20.4 Å². The second-order valence-electron chi connectivity index (χ2n) is 5.78. The van der Waals surface area contributed by atoms with E-state index in [1.54, 1.807) is 0 Å². The number of nitrogens with one attached hydrogen (secondary N) is 4. The normalized spacial score (nSPS) is 20.5. The number of carbonyl (C=O) groups excluding carboxylic acids is 2. The molecule has 2 fully saturated rings. The second-order valence-corrected chi connectivity index (χ2v) is 5.78. The van der Waals surface area contributed by atoms with Crippen LogP contribution in [0.15, 0.2) is 0 Å². The molecule has 0 atom stereocenters. The highest BCUT2D eigenvalue weighted by Gasteiger charge is 2.18. The quantitative estimate of drug-likeness (QED) is 0.355. The summed E-state index contributed by atoms with van der Waals surface area (Å²) in [5.74, 6) is 0.0647. The Morgan fingerprint density at radius 2 is 1.09 bits per heavy atom. The van der Waals surface area contributed by atoms with Crippen LogP contribution >= 0.6 is 0 Å². The van der Waals surface area contributed by atoms with Gasteiger partial charge in [-0.1, -0.05) is 0 Å². The van der Waals surface area contributed by atoms with E-state index in [1.807, 2.05) is 0 Å². The molecule has 2 heterocycles. The van der Waals surface area contributed by atoms with Crippen molar-refractivity contribution in [2.45, 2.75) is 0 Å². The minimum atomic E-state index is 0.0324. The van der Waals surface area contributed by atoms with Gasteiger partial charge in [0.05, 0.1) is 26.4 Å². The van der Waals surface area contributed by atoms with Gasteiger partial charge in [0.2, 0.25) is 0 Å². The van der Waals surface area contributed by atoms with Crippen molar-refractivity contribution in [2.75, 3.05) is 78.8 Å². The highest BCUT2D eigenvalue weighted by Crippen LogP contribution is 1.76. The van der Waals surface area contributed by atoms with Gasteiger partial charge >= 0.3 is 0 Å². The number of ether oxygens (including phenoxy) is 2. The molecule has 0 bridgehead atoms. The fraction of sp³-hybridized carbons (Fsp3) is 0.857. The van der Waals surface area contributed by atoms with Crippen molar-refractivity contribution in [2.24, 2.45) is 0 Å². The first-order valence-corrected chi connectivity index (χ1v) is 8.10. The van der Waals surface area contributed by atoms with Gasteiger partial charge in [0, 0.05) is 13.1 Å². The van der Waals surface area contributed by atoms with Crippen LogP contribution in [0, 0.1) is 0 Å². The maximum atomic E-state index is 11.8. The van der Waals surface area contributed by atoms with Crippen molar-refractivity contribution in [1.29, 1.82) is 0 Å². The predicted octanol–water partition coefficient (Wildman–Crippen LogP) is -4.95. The Bertz CT molecular complexity index is 321. The standard InChI is InChI=1S/C14H26N4O4/c19-13(11-17-3-7-21-8-4-17)15-1-2-16-14(20)12-18-5-9-22-10-6-18/h1-12H2,(H,15,19)(H,16,20)/p+2. The van der Waals surface area contributed by atoms with Crippen molar-refractivity contribution >= 4 is 11.8 Å². The molecule has 8 nitrogen and oxygen atoms in total. The molecule has 0 radical (unpaired) electrons. The van der Waals surface area contributed by atoms with Crippen LogP contribution in [-0.2, 0) is 19.1 Å². The Balaban J connectivity index is 1.48. The summed E-state index contributed by atoms with van der Waals surface area (Å²) in [5, 5.41) is 5.69. The largest absolute Gasteiger partial charge is 0.370 e. The Morgan fingerprint density at radius 3 is 1.45 bits per heavy atom. The molecular weight excluding hydrogens is 288 g/mol. The molecule has 0 aliphatic carbocycles. The van der Waals surface area contributed by atoms with Crippen LogP contribution in [0.3, 0.4) is 0 Å². The molecule has 2 saturated heterocycles. The number of quaternary nitrogens is 2. The van der Waals surface area contributed by atoms with Crippen LogP contribution in [0.25, 0.3) is 0 Å². The van der Waals surface area contributed by atoms with E-state index in [2.05, 4.69) is 10.6 Å². The number of hydrogen-bond donors (Lipinski definition) is 4. The minimum absolute atomic E-state index is 0.0324. The maximum Gasteiger partial charge on any atom is 0.275 e. The molecule has 0 aromatic rings. The first kappa shape index (κ1) is 17.1. The SMILES string of the molecule is O=C(C[NH+]1CCOCC1)NCCNC(=O)C[NH+]1CCOCC1. The maximum absolute atomic E-state index is 11.8. The number of amides is 2. The van der Waals surface area contributed by atoms with Gasteiger partial charge in [-0.25, -0.2) is 0 Å². The number of hydrogen-bond acceptors (Lipinski definition) is 4. The summed E-state index contributed by atoms with van der Waals surface area (Å²) in [6, 6.07) is 0. The van der Waals surface area contributed by atoms with Crippen LogP contribution in [0.5, 0.6) is 0 Å². The monoisotopic (exact) mass is 316 g/mol. The first-order valence-electron chi connectivity index (χ1n) is 8.10. The van der Waals surface area contributed by atoms with Crippen molar-refractivity contribution < 1.29 is 28.9 Å². The highest BCUT2D eigenvalue weighted by molar-refractivity contribution is 5.78. The highest BCUT2D eigenvalue weighted by atomic mass is 16.5. The summed E-state index contributed by atoms with van der Waals surface area (Å²) < 4.78 is 10.5. The minimum Gasteiger partial charge on any atom is -0.370 e. The van der Waals surface area contributed by atoms with Gasteiger partial charge in [-0.3, -0.25) is 9.59 Å². The molecule has 0 saturated carbocycles. The molecule has 2 aliphatic heterocycles. The van der Waals surface area contributed by atoms with E-state index >= 15 is 0 Å². The van der Waals surface area contributed by atoms with E-state index < -0.39 is 0 Å². The average Bonchev–Trinajstić information content (AvgIpc) is 2.53. The number of carbonyl (C=O) groups is 2. The second kappa shape index (κ2) is 9.73. The van der Waals surface area contributed by atoms with Crippen LogP contribution in [-0.4, -0.2) is 90.6 Å². The predicted molar refractivity (Wildman–Crippen MR) is 78.8 cm³/mol. The molecule has 0 unspecified atom stereocenters.